The molecule has 2 aromatic heterocycles. The number of nitrogens with zero attached hydrogens (tertiary/aromatic N) is 6. The van der Waals surface area contributed by atoms with Crippen molar-refractivity contribution in [3.8, 4) is 23.3 Å². The molecule has 0 amide bonds. The molecule has 1 aromatic carbocycles. The summed E-state index contributed by atoms with van der Waals surface area (Å²) in [6.07, 6.45) is 1.25. The summed E-state index contributed by atoms with van der Waals surface area (Å²) in [7, 11) is 5.27. The van der Waals surface area contributed by atoms with Gasteiger partial charge in [-0.25, -0.2) is 9.78 Å². The Balaban J connectivity index is 2.20. The van der Waals surface area contributed by atoms with Crippen LogP contribution in [0.1, 0.15) is 22.8 Å². The van der Waals surface area contributed by atoms with E-state index in [-0.39, 0.29) is 35.2 Å². The summed E-state index contributed by atoms with van der Waals surface area (Å²) in [4.78, 5) is 31.3. The highest BCUT2D eigenvalue weighted by Crippen LogP contribution is 2.24. The van der Waals surface area contributed by atoms with Crippen LogP contribution in [0.2, 0.25) is 0 Å². The molecule has 0 aliphatic rings. The van der Waals surface area contributed by atoms with Gasteiger partial charge in [0.05, 0.1) is 18.5 Å². The number of nitriles is 1. The van der Waals surface area contributed by atoms with E-state index in [9.17, 15) is 14.9 Å². The van der Waals surface area contributed by atoms with Gasteiger partial charge >= 0.3 is 5.97 Å². The molecule has 3 aromatic rings. The second-order valence-electron chi connectivity index (χ2n) is 6.63. The lowest BCUT2D eigenvalue weighted by Gasteiger charge is -2.14. The number of esters is 1. The van der Waals surface area contributed by atoms with E-state index in [2.05, 4.69) is 10.1 Å². The molecule has 0 aliphatic heterocycles. The molecule has 3 rings (SSSR count). The van der Waals surface area contributed by atoms with Crippen LogP contribution in [-0.2, 0) is 11.8 Å². The summed E-state index contributed by atoms with van der Waals surface area (Å²) in [5.74, 6) is -0.576. The lowest BCUT2D eigenvalue weighted by Crippen LogP contribution is -2.27. The standard InChI is InChI=1S/C20H21N7O3/c1-5-30-19(29)15-11-23-27(17(15)22)20-24-16(14(10-21)18(28)26(20)4)12-6-8-13(9-7-12)25(2)3/h6-9,11H,5,22H2,1-4H3. The van der Waals surface area contributed by atoms with Crippen LogP contribution in [0.4, 0.5) is 11.5 Å². The molecule has 0 atom stereocenters. The van der Waals surface area contributed by atoms with E-state index in [1.807, 2.05) is 37.2 Å². The molecule has 0 radical (unpaired) electrons. The summed E-state index contributed by atoms with van der Waals surface area (Å²) < 4.78 is 7.30. The molecule has 30 heavy (non-hydrogen) atoms. The summed E-state index contributed by atoms with van der Waals surface area (Å²) in [6, 6.07) is 9.20. The number of hydrogen-bond donors (Lipinski definition) is 1. The monoisotopic (exact) mass is 407 g/mol. The van der Waals surface area contributed by atoms with Gasteiger partial charge in [0.25, 0.3) is 5.56 Å². The molecule has 0 saturated carbocycles. The zero-order valence-electron chi connectivity index (χ0n) is 17.1. The average molecular weight is 407 g/mol. The topological polar surface area (TPSA) is 132 Å². The number of carbonyl (C=O) groups is 1. The van der Waals surface area contributed by atoms with E-state index < -0.39 is 11.5 Å². The number of anilines is 2. The van der Waals surface area contributed by atoms with Crippen molar-refractivity contribution in [1.82, 2.24) is 19.3 Å². The van der Waals surface area contributed by atoms with Crippen LogP contribution in [0.15, 0.2) is 35.3 Å². The first-order valence-corrected chi connectivity index (χ1v) is 9.10. The minimum Gasteiger partial charge on any atom is -0.462 e. The van der Waals surface area contributed by atoms with E-state index in [0.717, 1.165) is 10.3 Å². The second-order valence-corrected chi connectivity index (χ2v) is 6.63. The lowest BCUT2D eigenvalue weighted by atomic mass is 10.1. The Morgan fingerprint density at radius 1 is 1.30 bits per heavy atom. The van der Waals surface area contributed by atoms with E-state index in [1.54, 1.807) is 19.1 Å². The summed E-state index contributed by atoms with van der Waals surface area (Å²) >= 11 is 0. The van der Waals surface area contributed by atoms with Crippen molar-refractivity contribution < 1.29 is 9.53 Å². The normalized spacial score (nSPS) is 10.5. The van der Waals surface area contributed by atoms with Gasteiger partial charge in [-0.15, -0.1) is 0 Å². The molecule has 154 valence electrons. The number of hydrogen-bond acceptors (Lipinski definition) is 8. The van der Waals surface area contributed by atoms with Crippen LogP contribution in [0.3, 0.4) is 0 Å². The Bertz CT molecular complexity index is 1200. The molecule has 10 heteroatoms. The molecular weight excluding hydrogens is 386 g/mol. The summed E-state index contributed by atoms with van der Waals surface area (Å²) in [5.41, 5.74) is 7.23. The van der Waals surface area contributed by atoms with Crippen LogP contribution in [0, 0.1) is 11.3 Å². The molecule has 0 spiro atoms. The van der Waals surface area contributed by atoms with E-state index in [1.165, 1.54) is 17.9 Å². The SMILES string of the molecule is CCOC(=O)c1cnn(-c2nc(-c3ccc(N(C)C)cc3)c(C#N)c(=O)n2C)c1N. The number of ether oxygens (including phenoxy) is 1. The number of rotatable bonds is 5. The van der Waals surface area contributed by atoms with E-state index in [0.29, 0.717) is 5.56 Å². The predicted molar refractivity (Wildman–Crippen MR) is 111 cm³/mol. The average Bonchev–Trinajstić information content (AvgIpc) is 3.11. The summed E-state index contributed by atoms with van der Waals surface area (Å²) in [5, 5.41) is 13.7. The van der Waals surface area contributed by atoms with Gasteiger partial charge in [-0.3, -0.25) is 9.36 Å². The lowest BCUT2D eigenvalue weighted by molar-refractivity contribution is 0.0527. The zero-order valence-corrected chi connectivity index (χ0v) is 17.1. The Morgan fingerprint density at radius 3 is 2.53 bits per heavy atom. The Morgan fingerprint density at radius 2 is 1.97 bits per heavy atom. The van der Waals surface area contributed by atoms with E-state index >= 15 is 0 Å². The van der Waals surface area contributed by atoms with Crippen molar-refractivity contribution in [3.05, 3.63) is 51.9 Å². The van der Waals surface area contributed by atoms with Gasteiger partial charge in [0.1, 0.15) is 23.0 Å². The van der Waals surface area contributed by atoms with Crippen LogP contribution in [0.5, 0.6) is 0 Å². The largest absolute Gasteiger partial charge is 0.462 e. The Kier molecular flexibility index (Phi) is 5.55. The maximum atomic E-state index is 12.8. The molecule has 0 aliphatic carbocycles. The van der Waals surface area contributed by atoms with Crippen molar-refractivity contribution in [3.63, 3.8) is 0 Å². The van der Waals surface area contributed by atoms with Crippen molar-refractivity contribution in [2.45, 2.75) is 6.92 Å². The van der Waals surface area contributed by atoms with Gasteiger partial charge in [0.15, 0.2) is 0 Å². The van der Waals surface area contributed by atoms with Crippen LogP contribution in [-0.4, -0.2) is 46.0 Å². The minimum atomic E-state index is -0.626. The summed E-state index contributed by atoms with van der Waals surface area (Å²) in [6.45, 7) is 1.86. The highest BCUT2D eigenvalue weighted by molar-refractivity contribution is 5.94. The Labute approximate surface area is 172 Å². The van der Waals surface area contributed by atoms with Gasteiger partial charge in [-0.2, -0.15) is 15.0 Å². The molecule has 0 saturated heterocycles. The zero-order chi connectivity index (χ0) is 22.0. The molecule has 2 N–H and O–H groups in total. The van der Waals surface area contributed by atoms with Crippen molar-refractivity contribution in [1.29, 1.82) is 5.26 Å². The predicted octanol–water partition coefficient (Wildman–Crippen LogP) is 1.33. The van der Waals surface area contributed by atoms with Gasteiger partial charge in [-0.05, 0) is 19.1 Å². The van der Waals surface area contributed by atoms with Crippen LogP contribution in [0.25, 0.3) is 17.2 Å². The van der Waals surface area contributed by atoms with Crippen molar-refractivity contribution in [2.75, 3.05) is 31.3 Å². The van der Waals surface area contributed by atoms with Crippen molar-refractivity contribution in [2.24, 2.45) is 7.05 Å². The Hall–Kier alpha value is -4.13. The van der Waals surface area contributed by atoms with Gasteiger partial charge in [0.2, 0.25) is 5.95 Å². The van der Waals surface area contributed by atoms with Crippen LogP contribution < -0.4 is 16.2 Å². The highest BCUT2D eigenvalue weighted by atomic mass is 16.5. The third-order valence-electron chi connectivity index (χ3n) is 4.53. The number of aromatic nitrogens is 4. The van der Waals surface area contributed by atoms with Crippen LogP contribution >= 0.6 is 0 Å². The third-order valence-corrected chi connectivity index (χ3v) is 4.53. The third kappa shape index (κ3) is 3.48. The minimum absolute atomic E-state index is 0.0189. The molecule has 0 unspecified atom stereocenters. The van der Waals surface area contributed by atoms with E-state index in [4.69, 9.17) is 10.5 Å². The number of carbonyl (C=O) groups excluding carboxylic acids is 1. The molecule has 10 nitrogen and oxygen atoms in total. The maximum absolute atomic E-state index is 12.8. The van der Waals surface area contributed by atoms with Gasteiger partial charge < -0.3 is 15.4 Å². The first-order chi connectivity index (χ1) is 14.3. The molecule has 2 heterocycles. The smallest absolute Gasteiger partial charge is 0.343 e. The molecular formula is C20H21N7O3. The number of nitrogens with two attached hydrogens (primary N) is 1. The fourth-order valence-corrected chi connectivity index (χ4v) is 2.89. The fraction of sp³-hybridized carbons (Fsp3) is 0.250. The first-order valence-electron chi connectivity index (χ1n) is 9.10. The highest BCUT2D eigenvalue weighted by Gasteiger charge is 2.22. The second kappa shape index (κ2) is 8.08. The van der Waals surface area contributed by atoms with Gasteiger partial charge in [0, 0.05) is 32.4 Å². The van der Waals surface area contributed by atoms with Gasteiger partial charge in [-0.1, -0.05) is 12.1 Å². The number of benzene rings is 1. The fourth-order valence-electron chi connectivity index (χ4n) is 2.89. The molecule has 0 fully saturated rings. The number of nitrogen functional groups attached to an aromatic ring is 1. The quantitative estimate of drug-likeness (QED) is 0.627. The van der Waals surface area contributed by atoms with Crippen molar-refractivity contribution >= 4 is 17.5 Å². The molecule has 0 bridgehead atoms. The maximum Gasteiger partial charge on any atom is 0.343 e. The first kappa shape index (κ1) is 20.6.